The second-order valence-corrected chi connectivity index (χ2v) is 2.83. The smallest absolute Gasteiger partial charge is 0.251 e. The van der Waals surface area contributed by atoms with Gasteiger partial charge in [0.2, 0.25) is 0 Å². The zero-order valence-electron chi connectivity index (χ0n) is 8.87. The zero-order chi connectivity index (χ0) is 11.0. The minimum Gasteiger partial charge on any atom is -0.508 e. The Hall–Kier alpha value is -1.51. The molecule has 0 saturated heterocycles. The van der Waals surface area contributed by atoms with Gasteiger partial charge >= 0.3 is 0 Å². The summed E-state index contributed by atoms with van der Waals surface area (Å²) < 4.78 is 0. The second kappa shape index (κ2) is 6.95. The first-order chi connectivity index (χ1) is 6.65. The average Bonchev–Trinajstić information content (AvgIpc) is 2.19. The van der Waals surface area contributed by atoms with E-state index in [-0.39, 0.29) is 11.7 Å². The molecule has 0 atom stereocenters. The number of aromatic hydroxyl groups is 1. The molecule has 1 aromatic rings. The quantitative estimate of drug-likeness (QED) is 0.721. The van der Waals surface area contributed by atoms with Gasteiger partial charge in [-0.15, -0.1) is 0 Å². The van der Waals surface area contributed by atoms with Crippen molar-refractivity contribution in [3.8, 4) is 5.75 Å². The second-order valence-electron chi connectivity index (χ2n) is 2.83. The van der Waals surface area contributed by atoms with Crippen LogP contribution in [0.2, 0.25) is 0 Å². The topological polar surface area (TPSA) is 49.3 Å². The maximum Gasteiger partial charge on any atom is 0.251 e. The molecule has 2 N–H and O–H groups in total. The van der Waals surface area contributed by atoms with Gasteiger partial charge in [-0.1, -0.05) is 20.3 Å². The monoisotopic (exact) mass is 195 g/mol. The molecule has 1 aromatic carbocycles. The maximum atomic E-state index is 10.9. The van der Waals surface area contributed by atoms with Gasteiger partial charge in [0.1, 0.15) is 5.75 Å². The first kappa shape index (κ1) is 12.5. The Morgan fingerprint density at radius 1 is 1.29 bits per heavy atom. The Bertz CT molecular complexity index is 267. The number of phenolic OH excluding ortho intramolecular Hbond substituents is 1. The highest BCUT2D eigenvalue weighted by Gasteiger charge is 2.00. The van der Waals surface area contributed by atoms with Gasteiger partial charge in [-0.2, -0.15) is 0 Å². The SMILES string of the molecule is CCC.CNC(=O)c1ccc(O)cc1. The molecular formula is C11H17NO2. The van der Waals surface area contributed by atoms with E-state index in [0.717, 1.165) is 0 Å². The van der Waals surface area contributed by atoms with Gasteiger partial charge in [0.25, 0.3) is 5.91 Å². The molecule has 0 spiro atoms. The number of hydrogen-bond acceptors (Lipinski definition) is 2. The van der Waals surface area contributed by atoms with Crippen LogP contribution in [0.15, 0.2) is 24.3 Å². The van der Waals surface area contributed by atoms with Gasteiger partial charge in [0.15, 0.2) is 0 Å². The molecule has 0 radical (unpaired) electrons. The highest BCUT2D eigenvalue weighted by Crippen LogP contribution is 2.08. The van der Waals surface area contributed by atoms with Crippen LogP contribution in [0.4, 0.5) is 0 Å². The molecule has 0 fully saturated rings. The van der Waals surface area contributed by atoms with Crippen molar-refractivity contribution >= 4 is 5.91 Å². The third-order valence-corrected chi connectivity index (χ3v) is 1.36. The van der Waals surface area contributed by atoms with Gasteiger partial charge in [0.05, 0.1) is 0 Å². The lowest BCUT2D eigenvalue weighted by atomic mass is 10.2. The normalized spacial score (nSPS) is 8.50. The van der Waals surface area contributed by atoms with E-state index in [1.54, 1.807) is 19.2 Å². The van der Waals surface area contributed by atoms with E-state index in [1.807, 2.05) is 0 Å². The molecule has 1 rings (SSSR count). The summed E-state index contributed by atoms with van der Waals surface area (Å²) in [6.45, 7) is 4.25. The first-order valence-corrected chi connectivity index (χ1v) is 4.66. The lowest BCUT2D eigenvalue weighted by Gasteiger charge is -1.97. The fourth-order valence-electron chi connectivity index (χ4n) is 0.757. The summed E-state index contributed by atoms with van der Waals surface area (Å²) in [6, 6.07) is 6.08. The highest BCUT2D eigenvalue weighted by molar-refractivity contribution is 5.93. The Morgan fingerprint density at radius 2 is 1.71 bits per heavy atom. The third-order valence-electron chi connectivity index (χ3n) is 1.36. The van der Waals surface area contributed by atoms with Gasteiger partial charge in [-0.3, -0.25) is 4.79 Å². The van der Waals surface area contributed by atoms with Crippen molar-refractivity contribution in [3.05, 3.63) is 29.8 Å². The van der Waals surface area contributed by atoms with Crippen molar-refractivity contribution in [3.63, 3.8) is 0 Å². The number of carbonyl (C=O) groups excluding carboxylic acids is 1. The molecule has 3 heteroatoms. The molecule has 14 heavy (non-hydrogen) atoms. The van der Waals surface area contributed by atoms with Crippen LogP contribution in [-0.4, -0.2) is 18.1 Å². The number of carbonyl (C=O) groups is 1. The fourth-order valence-corrected chi connectivity index (χ4v) is 0.757. The minimum absolute atomic E-state index is 0.148. The molecule has 0 aliphatic heterocycles. The summed E-state index contributed by atoms with van der Waals surface area (Å²) in [5.74, 6) is 0.0163. The lowest BCUT2D eigenvalue weighted by molar-refractivity contribution is 0.0963. The van der Waals surface area contributed by atoms with Gasteiger partial charge < -0.3 is 10.4 Å². The van der Waals surface area contributed by atoms with E-state index in [0.29, 0.717) is 5.56 Å². The molecular weight excluding hydrogens is 178 g/mol. The molecule has 78 valence electrons. The molecule has 0 unspecified atom stereocenters. The van der Waals surface area contributed by atoms with E-state index < -0.39 is 0 Å². The molecule has 0 heterocycles. The summed E-state index contributed by atoms with van der Waals surface area (Å²) in [5, 5.41) is 11.4. The van der Waals surface area contributed by atoms with Crippen LogP contribution in [0.25, 0.3) is 0 Å². The van der Waals surface area contributed by atoms with Crippen LogP contribution < -0.4 is 5.32 Å². The number of benzene rings is 1. The lowest BCUT2D eigenvalue weighted by Crippen LogP contribution is -2.17. The molecule has 0 aromatic heterocycles. The molecule has 0 aliphatic rings. The Labute approximate surface area is 84.8 Å². The summed E-state index contributed by atoms with van der Waals surface area (Å²) in [6.07, 6.45) is 1.25. The van der Waals surface area contributed by atoms with E-state index in [2.05, 4.69) is 19.2 Å². The van der Waals surface area contributed by atoms with Crippen LogP contribution >= 0.6 is 0 Å². The third kappa shape index (κ3) is 4.50. The predicted molar refractivity (Wildman–Crippen MR) is 57.5 cm³/mol. The number of amides is 1. The fraction of sp³-hybridized carbons (Fsp3) is 0.364. The summed E-state index contributed by atoms with van der Waals surface area (Å²) >= 11 is 0. The summed E-state index contributed by atoms with van der Waals surface area (Å²) in [5.41, 5.74) is 0.547. The van der Waals surface area contributed by atoms with E-state index in [9.17, 15) is 4.79 Å². The van der Waals surface area contributed by atoms with E-state index in [4.69, 9.17) is 5.11 Å². The maximum absolute atomic E-state index is 10.9. The van der Waals surface area contributed by atoms with Crippen molar-refractivity contribution in [1.29, 1.82) is 0 Å². The van der Waals surface area contributed by atoms with Crippen molar-refractivity contribution in [2.24, 2.45) is 0 Å². The molecule has 1 amide bonds. The van der Waals surface area contributed by atoms with Crippen LogP contribution in [-0.2, 0) is 0 Å². The largest absolute Gasteiger partial charge is 0.508 e. The zero-order valence-corrected chi connectivity index (χ0v) is 8.87. The van der Waals surface area contributed by atoms with Gasteiger partial charge in [-0.25, -0.2) is 0 Å². The number of phenols is 1. The number of nitrogens with one attached hydrogen (secondary N) is 1. The van der Waals surface area contributed by atoms with Crippen molar-refractivity contribution < 1.29 is 9.90 Å². The Balaban J connectivity index is 0.000000500. The van der Waals surface area contributed by atoms with Crippen LogP contribution in [0.5, 0.6) is 5.75 Å². The molecule has 0 saturated carbocycles. The Kier molecular flexibility index (Phi) is 6.20. The van der Waals surface area contributed by atoms with E-state index >= 15 is 0 Å². The van der Waals surface area contributed by atoms with Gasteiger partial charge in [0, 0.05) is 12.6 Å². The average molecular weight is 195 g/mol. The van der Waals surface area contributed by atoms with Crippen LogP contribution in [0.3, 0.4) is 0 Å². The van der Waals surface area contributed by atoms with Crippen molar-refractivity contribution in [1.82, 2.24) is 5.32 Å². The number of hydrogen-bond donors (Lipinski definition) is 2. The molecule has 0 bridgehead atoms. The van der Waals surface area contributed by atoms with Crippen molar-refractivity contribution in [2.75, 3.05) is 7.05 Å². The highest BCUT2D eigenvalue weighted by atomic mass is 16.3. The summed E-state index contributed by atoms with van der Waals surface area (Å²) in [7, 11) is 1.56. The van der Waals surface area contributed by atoms with Crippen LogP contribution in [0, 0.1) is 0 Å². The van der Waals surface area contributed by atoms with E-state index in [1.165, 1.54) is 18.6 Å². The van der Waals surface area contributed by atoms with Gasteiger partial charge in [-0.05, 0) is 24.3 Å². The standard InChI is InChI=1S/C8H9NO2.C3H8/c1-9-8(11)6-2-4-7(10)5-3-6;1-3-2/h2-5,10H,1H3,(H,9,11);3H2,1-2H3. The minimum atomic E-state index is -0.148. The predicted octanol–water partition coefficient (Wildman–Crippen LogP) is 2.17. The Morgan fingerprint density at radius 3 is 2.07 bits per heavy atom. The van der Waals surface area contributed by atoms with Crippen molar-refractivity contribution in [2.45, 2.75) is 20.3 Å². The molecule has 0 aliphatic carbocycles. The summed E-state index contributed by atoms with van der Waals surface area (Å²) in [4.78, 5) is 10.9. The van der Waals surface area contributed by atoms with Crippen LogP contribution in [0.1, 0.15) is 30.6 Å². The first-order valence-electron chi connectivity index (χ1n) is 4.66. The number of rotatable bonds is 1. The molecule has 3 nitrogen and oxygen atoms in total.